The Morgan fingerprint density at radius 1 is 1.16 bits per heavy atom. The Morgan fingerprint density at radius 2 is 1.92 bits per heavy atom. The third-order valence-corrected chi connectivity index (χ3v) is 5.49. The molecule has 2 rings (SSSR count). The summed E-state index contributed by atoms with van der Waals surface area (Å²) in [5, 5.41) is 2.90. The number of nitrogens with one attached hydrogen (secondary N) is 1. The second-order valence-electron chi connectivity index (χ2n) is 7.70. The number of Topliss-reactive ketones (excluding diaryl/α,β-unsaturated/α-hetero) is 1. The fourth-order valence-corrected chi connectivity index (χ4v) is 3.88. The highest BCUT2D eigenvalue weighted by Gasteiger charge is 2.35. The molecule has 0 saturated carbocycles. The van der Waals surface area contributed by atoms with Crippen LogP contribution in [-0.2, 0) is 14.4 Å². The van der Waals surface area contributed by atoms with Crippen molar-refractivity contribution in [2.45, 2.75) is 77.8 Å². The van der Waals surface area contributed by atoms with Crippen molar-refractivity contribution >= 4 is 17.6 Å². The predicted octanol–water partition coefficient (Wildman–Crippen LogP) is 2.84. The van der Waals surface area contributed by atoms with Gasteiger partial charge in [0.1, 0.15) is 6.04 Å². The molecule has 2 amide bonds. The SMILES string of the molecule is CC(=O)C1NC(=O)C2CCCN2C(=O)CCCC(C)CC/C=C\C1C. The van der Waals surface area contributed by atoms with Crippen molar-refractivity contribution in [1.29, 1.82) is 0 Å². The number of amides is 2. The quantitative estimate of drug-likeness (QED) is 0.741. The maximum atomic E-state index is 12.7. The lowest BCUT2D eigenvalue weighted by Gasteiger charge is -2.27. The molecule has 0 aliphatic carbocycles. The lowest BCUT2D eigenvalue weighted by atomic mass is 9.95. The molecule has 25 heavy (non-hydrogen) atoms. The normalized spacial score (nSPS) is 33.8. The van der Waals surface area contributed by atoms with Crippen LogP contribution in [0.4, 0.5) is 0 Å². The first-order valence-corrected chi connectivity index (χ1v) is 9.67. The van der Waals surface area contributed by atoms with E-state index in [2.05, 4.69) is 18.3 Å². The van der Waals surface area contributed by atoms with Crippen molar-refractivity contribution in [2.24, 2.45) is 11.8 Å². The van der Waals surface area contributed by atoms with E-state index >= 15 is 0 Å². The largest absolute Gasteiger partial charge is 0.344 e. The van der Waals surface area contributed by atoms with Gasteiger partial charge in [-0.15, -0.1) is 0 Å². The van der Waals surface area contributed by atoms with Crippen LogP contribution in [0.25, 0.3) is 0 Å². The van der Waals surface area contributed by atoms with Gasteiger partial charge in [0.05, 0.1) is 6.04 Å². The first kappa shape index (κ1) is 19.7. The van der Waals surface area contributed by atoms with E-state index in [9.17, 15) is 14.4 Å². The number of rotatable bonds is 1. The van der Waals surface area contributed by atoms with Crippen LogP contribution in [-0.4, -0.2) is 41.1 Å². The zero-order valence-electron chi connectivity index (χ0n) is 15.8. The molecule has 0 aromatic rings. The number of fused-ring (bicyclic) bond motifs is 1. The Hall–Kier alpha value is -1.65. The van der Waals surface area contributed by atoms with Crippen LogP contribution < -0.4 is 5.32 Å². The summed E-state index contributed by atoms with van der Waals surface area (Å²) in [5.41, 5.74) is 0. The van der Waals surface area contributed by atoms with E-state index in [1.54, 1.807) is 4.90 Å². The van der Waals surface area contributed by atoms with Crippen LogP contribution in [0.15, 0.2) is 12.2 Å². The molecule has 1 N–H and O–H groups in total. The Balaban J connectivity index is 2.18. The maximum absolute atomic E-state index is 12.7. The van der Waals surface area contributed by atoms with E-state index in [0.29, 0.717) is 25.3 Å². The smallest absolute Gasteiger partial charge is 0.243 e. The van der Waals surface area contributed by atoms with Crippen LogP contribution in [0.1, 0.15) is 65.7 Å². The first-order chi connectivity index (χ1) is 11.9. The molecular formula is C20H32N2O3. The zero-order chi connectivity index (χ0) is 18.4. The fourth-order valence-electron chi connectivity index (χ4n) is 3.88. The summed E-state index contributed by atoms with van der Waals surface area (Å²) in [6.45, 7) is 6.35. The van der Waals surface area contributed by atoms with E-state index in [-0.39, 0.29) is 23.5 Å². The summed E-state index contributed by atoms with van der Waals surface area (Å²) >= 11 is 0. The molecule has 0 aromatic heterocycles. The Labute approximate surface area is 151 Å². The molecule has 140 valence electrons. The standard InChI is InChI=1S/C20H32N2O3/c1-14-8-4-5-10-15(2)19(16(3)23)21-20(25)17-11-7-13-22(17)18(24)12-6-9-14/h5,10,14-15,17,19H,4,6-9,11-13H2,1-3H3,(H,21,25)/b10-5-. The molecule has 1 fully saturated rings. The van der Waals surface area contributed by atoms with Gasteiger partial charge in [-0.05, 0) is 44.9 Å². The van der Waals surface area contributed by atoms with Crippen molar-refractivity contribution in [3.63, 3.8) is 0 Å². The van der Waals surface area contributed by atoms with Gasteiger partial charge in [-0.1, -0.05) is 32.4 Å². The topological polar surface area (TPSA) is 66.5 Å². The molecule has 0 spiro atoms. The number of allylic oxidation sites excluding steroid dienone is 1. The summed E-state index contributed by atoms with van der Waals surface area (Å²) in [7, 11) is 0. The second-order valence-corrected chi connectivity index (χ2v) is 7.70. The third kappa shape index (κ3) is 5.41. The van der Waals surface area contributed by atoms with Gasteiger partial charge in [0.2, 0.25) is 11.8 Å². The zero-order valence-corrected chi connectivity index (χ0v) is 15.8. The van der Waals surface area contributed by atoms with Crippen LogP contribution in [0, 0.1) is 11.8 Å². The van der Waals surface area contributed by atoms with Crippen LogP contribution in [0.2, 0.25) is 0 Å². The minimum Gasteiger partial charge on any atom is -0.344 e. The summed E-state index contributed by atoms with van der Waals surface area (Å²) in [4.78, 5) is 39.0. The molecule has 4 atom stereocenters. The van der Waals surface area contributed by atoms with Gasteiger partial charge < -0.3 is 10.2 Å². The Kier molecular flexibility index (Phi) is 7.21. The molecule has 2 aliphatic heterocycles. The van der Waals surface area contributed by atoms with Crippen LogP contribution >= 0.6 is 0 Å². The van der Waals surface area contributed by atoms with Gasteiger partial charge in [-0.25, -0.2) is 0 Å². The van der Waals surface area contributed by atoms with E-state index in [1.807, 2.05) is 13.0 Å². The predicted molar refractivity (Wildman–Crippen MR) is 97.9 cm³/mol. The highest BCUT2D eigenvalue weighted by Crippen LogP contribution is 2.22. The number of carbonyl (C=O) groups is 3. The van der Waals surface area contributed by atoms with E-state index in [1.165, 1.54) is 6.92 Å². The van der Waals surface area contributed by atoms with Crippen molar-refractivity contribution in [2.75, 3.05) is 6.54 Å². The fraction of sp³-hybridized carbons (Fsp3) is 0.750. The van der Waals surface area contributed by atoms with Crippen molar-refractivity contribution in [3.8, 4) is 0 Å². The summed E-state index contributed by atoms with van der Waals surface area (Å²) in [6, 6.07) is -0.947. The number of hydrogen-bond acceptors (Lipinski definition) is 3. The average molecular weight is 348 g/mol. The molecule has 1 saturated heterocycles. The average Bonchev–Trinajstić information content (AvgIpc) is 3.04. The van der Waals surface area contributed by atoms with Crippen molar-refractivity contribution in [1.82, 2.24) is 10.2 Å². The molecule has 2 aliphatic rings. The lowest BCUT2D eigenvalue weighted by Crippen LogP contribution is -2.52. The van der Waals surface area contributed by atoms with Crippen LogP contribution in [0.3, 0.4) is 0 Å². The third-order valence-electron chi connectivity index (χ3n) is 5.49. The number of carbonyl (C=O) groups excluding carboxylic acids is 3. The molecule has 2 heterocycles. The maximum Gasteiger partial charge on any atom is 0.243 e. The molecule has 5 heteroatoms. The van der Waals surface area contributed by atoms with E-state index in [4.69, 9.17) is 0 Å². The minimum atomic E-state index is -0.524. The highest BCUT2D eigenvalue weighted by molar-refractivity contribution is 5.92. The monoisotopic (exact) mass is 348 g/mol. The van der Waals surface area contributed by atoms with Gasteiger partial charge in [-0.3, -0.25) is 14.4 Å². The molecule has 0 radical (unpaired) electrons. The Bertz CT molecular complexity index is 529. The van der Waals surface area contributed by atoms with Gasteiger partial charge in [-0.2, -0.15) is 0 Å². The van der Waals surface area contributed by atoms with E-state index < -0.39 is 12.1 Å². The molecule has 5 nitrogen and oxygen atoms in total. The first-order valence-electron chi connectivity index (χ1n) is 9.67. The number of ketones is 1. The van der Waals surface area contributed by atoms with Crippen molar-refractivity contribution < 1.29 is 14.4 Å². The molecular weight excluding hydrogens is 316 g/mol. The number of hydrogen-bond donors (Lipinski definition) is 1. The molecule has 0 bridgehead atoms. The van der Waals surface area contributed by atoms with Crippen molar-refractivity contribution in [3.05, 3.63) is 12.2 Å². The summed E-state index contributed by atoms with van der Waals surface area (Å²) in [6.07, 6.45) is 10.2. The second kappa shape index (κ2) is 9.16. The minimum absolute atomic E-state index is 0.0425. The highest BCUT2D eigenvalue weighted by atomic mass is 16.2. The van der Waals surface area contributed by atoms with Gasteiger partial charge in [0.15, 0.2) is 5.78 Å². The Morgan fingerprint density at radius 3 is 2.64 bits per heavy atom. The summed E-state index contributed by atoms with van der Waals surface area (Å²) < 4.78 is 0. The van der Waals surface area contributed by atoms with Gasteiger partial charge >= 0.3 is 0 Å². The number of nitrogens with zero attached hydrogens (tertiary/aromatic N) is 1. The van der Waals surface area contributed by atoms with Gasteiger partial charge in [0, 0.05) is 18.9 Å². The van der Waals surface area contributed by atoms with Crippen LogP contribution in [0.5, 0.6) is 0 Å². The molecule has 4 unspecified atom stereocenters. The molecule has 0 aromatic carbocycles. The summed E-state index contributed by atoms with van der Waals surface area (Å²) in [5.74, 6) is 0.377. The lowest BCUT2D eigenvalue weighted by molar-refractivity contribution is -0.139. The van der Waals surface area contributed by atoms with E-state index in [0.717, 1.165) is 32.1 Å². The van der Waals surface area contributed by atoms with Gasteiger partial charge in [0.25, 0.3) is 0 Å².